The molecule has 5 heteroatoms. The van der Waals surface area contributed by atoms with Gasteiger partial charge in [0.05, 0.1) is 11.9 Å². The standard InChI is InChI=1S/C15H16ClFN2O/c1-2-18-8-13-4-5-14(9-19-13)20-10-11-7-12(17)3-6-15(11)16/h3-7,9,18H,2,8,10H2,1H3. The predicted molar refractivity (Wildman–Crippen MR) is 77.4 cm³/mol. The van der Waals surface area contributed by atoms with E-state index in [1.54, 1.807) is 6.20 Å². The van der Waals surface area contributed by atoms with Crippen molar-refractivity contribution < 1.29 is 9.13 Å². The second-order valence-corrected chi connectivity index (χ2v) is 4.70. The van der Waals surface area contributed by atoms with Crippen molar-refractivity contribution in [2.24, 2.45) is 0 Å². The molecule has 0 aliphatic rings. The number of halogens is 2. The molecule has 0 aliphatic heterocycles. The molecule has 0 atom stereocenters. The van der Waals surface area contributed by atoms with Crippen LogP contribution in [0, 0.1) is 5.82 Å². The lowest BCUT2D eigenvalue weighted by Gasteiger charge is -2.08. The van der Waals surface area contributed by atoms with E-state index in [0.29, 0.717) is 16.3 Å². The number of aromatic nitrogens is 1. The van der Waals surface area contributed by atoms with Crippen molar-refractivity contribution in [3.63, 3.8) is 0 Å². The van der Waals surface area contributed by atoms with Gasteiger partial charge in [0.1, 0.15) is 18.2 Å². The van der Waals surface area contributed by atoms with Crippen LogP contribution in [0.25, 0.3) is 0 Å². The first kappa shape index (κ1) is 14.8. The van der Waals surface area contributed by atoms with Gasteiger partial charge >= 0.3 is 0 Å². The van der Waals surface area contributed by atoms with Crippen LogP contribution in [0.5, 0.6) is 5.75 Å². The normalized spacial score (nSPS) is 10.6. The first-order valence-electron chi connectivity index (χ1n) is 6.41. The van der Waals surface area contributed by atoms with Crippen molar-refractivity contribution >= 4 is 11.6 Å². The molecule has 20 heavy (non-hydrogen) atoms. The van der Waals surface area contributed by atoms with Crippen LogP contribution in [0.15, 0.2) is 36.5 Å². The summed E-state index contributed by atoms with van der Waals surface area (Å²) >= 11 is 5.97. The summed E-state index contributed by atoms with van der Waals surface area (Å²) in [5.41, 5.74) is 1.56. The molecule has 1 N–H and O–H groups in total. The van der Waals surface area contributed by atoms with E-state index in [1.165, 1.54) is 18.2 Å². The summed E-state index contributed by atoms with van der Waals surface area (Å²) in [6.45, 7) is 3.88. The van der Waals surface area contributed by atoms with E-state index in [0.717, 1.165) is 18.8 Å². The van der Waals surface area contributed by atoms with E-state index in [2.05, 4.69) is 10.3 Å². The van der Waals surface area contributed by atoms with Crippen LogP contribution < -0.4 is 10.1 Å². The van der Waals surface area contributed by atoms with Crippen LogP contribution in [-0.4, -0.2) is 11.5 Å². The Bertz CT molecular complexity index is 560. The van der Waals surface area contributed by atoms with Gasteiger partial charge in [-0.2, -0.15) is 0 Å². The molecule has 1 aromatic carbocycles. The Labute approximate surface area is 122 Å². The second-order valence-electron chi connectivity index (χ2n) is 4.29. The summed E-state index contributed by atoms with van der Waals surface area (Å²) in [5.74, 6) is 0.303. The zero-order valence-electron chi connectivity index (χ0n) is 11.2. The lowest BCUT2D eigenvalue weighted by atomic mass is 10.2. The molecular weight excluding hydrogens is 279 g/mol. The number of hydrogen-bond acceptors (Lipinski definition) is 3. The molecule has 0 saturated carbocycles. The molecule has 1 heterocycles. The second kappa shape index (κ2) is 7.22. The maximum absolute atomic E-state index is 13.1. The molecule has 0 unspecified atom stereocenters. The van der Waals surface area contributed by atoms with Crippen LogP contribution in [-0.2, 0) is 13.2 Å². The van der Waals surface area contributed by atoms with Gasteiger partial charge in [-0.3, -0.25) is 4.98 Å². The Kier molecular flexibility index (Phi) is 5.32. The summed E-state index contributed by atoms with van der Waals surface area (Å²) in [4.78, 5) is 4.27. The SMILES string of the molecule is CCNCc1ccc(OCc2cc(F)ccc2Cl)cn1. The fraction of sp³-hybridized carbons (Fsp3) is 0.267. The number of benzene rings is 1. The number of hydrogen-bond donors (Lipinski definition) is 1. The van der Waals surface area contributed by atoms with Gasteiger partial charge in [-0.25, -0.2) is 4.39 Å². The molecule has 0 bridgehead atoms. The van der Waals surface area contributed by atoms with E-state index >= 15 is 0 Å². The van der Waals surface area contributed by atoms with Crippen LogP contribution >= 0.6 is 11.6 Å². The van der Waals surface area contributed by atoms with E-state index in [-0.39, 0.29) is 12.4 Å². The van der Waals surface area contributed by atoms with Crippen LogP contribution in [0.2, 0.25) is 5.02 Å². The average molecular weight is 295 g/mol. The average Bonchev–Trinajstić information content (AvgIpc) is 2.47. The fourth-order valence-corrected chi connectivity index (χ4v) is 1.84. The molecule has 0 radical (unpaired) electrons. The Balaban J connectivity index is 1.95. The van der Waals surface area contributed by atoms with E-state index in [1.807, 2.05) is 19.1 Å². The van der Waals surface area contributed by atoms with Crippen LogP contribution in [0.4, 0.5) is 4.39 Å². The number of ether oxygens (including phenoxy) is 1. The first-order chi connectivity index (χ1) is 9.69. The van der Waals surface area contributed by atoms with Crippen molar-refractivity contribution in [3.8, 4) is 5.75 Å². The minimum Gasteiger partial charge on any atom is -0.487 e. The highest BCUT2D eigenvalue weighted by molar-refractivity contribution is 6.31. The highest BCUT2D eigenvalue weighted by Gasteiger charge is 2.04. The Morgan fingerprint density at radius 1 is 1.30 bits per heavy atom. The third-order valence-corrected chi connectivity index (χ3v) is 3.12. The highest BCUT2D eigenvalue weighted by Crippen LogP contribution is 2.19. The molecule has 0 saturated heterocycles. The minimum atomic E-state index is -0.327. The van der Waals surface area contributed by atoms with E-state index in [4.69, 9.17) is 16.3 Å². The maximum Gasteiger partial charge on any atom is 0.138 e. The van der Waals surface area contributed by atoms with Gasteiger partial charge in [0.15, 0.2) is 0 Å². The summed E-state index contributed by atoms with van der Waals surface area (Å²) in [7, 11) is 0. The fourth-order valence-electron chi connectivity index (χ4n) is 1.67. The zero-order chi connectivity index (χ0) is 14.4. The Morgan fingerprint density at radius 2 is 2.15 bits per heavy atom. The summed E-state index contributed by atoms with van der Waals surface area (Å²) in [5, 5.41) is 3.68. The number of pyridine rings is 1. The molecule has 2 rings (SSSR count). The molecule has 0 aliphatic carbocycles. The molecule has 0 spiro atoms. The smallest absolute Gasteiger partial charge is 0.138 e. The molecular formula is C15H16ClFN2O. The van der Waals surface area contributed by atoms with Crippen molar-refractivity contribution in [2.75, 3.05) is 6.54 Å². The monoisotopic (exact) mass is 294 g/mol. The number of nitrogens with one attached hydrogen (secondary N) is 1. The minimum absolute atomic E-state index is 0.213. The summed E-state index contributed by atoms with van der Waals surface area (Å²) < 4.78 is 18.7. The lowest BCUT2D eigenvalue weighted by molar-refractivity contribution is 0.304. The van der Waals surface area contributed by atoms with Gasteiger partial charge in [0.25, 0.3) is 0 Å². The van der Waals surface area contributed by atoms with Gasteiger partial charge in [0, 0.05) is 17.1 Å². The van der Waals surface area contributed by atoms with Crippen molar-refractivity contribution in [3.05, 3.63) is 58.6 Å². The highest BCUT2D eigenvalue weighted by atomic mass is 35.5. The van der Waals surface area contributed by atoms with Gasteiger partial charge in [0.2, 0.25) is 0 Å². The maximum atomic E-state index is 13.1. The molecule has 2 aromatic rings. The Morgan fingerprint density at radius 3 is 2.85 bits per heavy atom. The summed E-state index contributed by atoms with van der Waals surface area (Å²) in [6, 6.07) is 7.95. The first-order valence-corrected chi connectivity index (χ1v) is 6.79. The topological polar surface area (TPSA) is 34.1 Å². The molecule has 3 nitrogen and oxygen atoms in total. The van der Waals surface area contributed by atoms with Gasteiger partial charge < -0.3 is 10.1 Å². The quantitative estimate of drug-likeness (QED) is 0.884. The van der Waals surface area contributed by atoms with Gasteiger partial charge in [-0.15, -0.1) is 0 Å². The number of rotatable bonds is 6. The third-order valence-electron chi connectivity index (χ3n) is 2.76. The van der Waals surface area contributed by atoms with Crippen molar-refractivity contribution in [2.45, 2.75) is 20.1 Å². The van der Waals surface area contributed by atoms with E-state index < -0.39 is 0 Å². The number of nitrogens with zero attached hydrogens (tertiary/aromatic N) is 1. The van der Waals surface area contributed by atoms with Crippen LogP contribution in [0.1, 0.15) is 18.2 Å². The molecule has 1 aromatic heterocycles. The lowest BCUT2D eigenvalue weighted by Crippen LogP contribution is -2.12. The zero-order valence-corrected chi connectivity index (χ0v) is 12.0. The Hall–Kier alpha value is -1.65. The molecule has 106 valence electrons. The summed E-state index contributed by atoms with van der Waals surface area (Å²) in [6.07, 6.45) is 1.65. The van der Waals surface area contributed by atoms with Crippen LogP contribution in [0.3, 0.4) is 0 Å². The third kappa shape index (κ3) is 4.18. The van der Waals surface area contributed by atoms with Gasteiger partial charge in [-0.1, -0.05) is 18.5 Å². The van der Waals surface area contributed by atoms with E-state index in [9.17, 15) is 4.39 Å². The van der Waals surface area contributed by atoms with Crippen molar-refractivity contribution in [1.82, 2.24) is 10.3 Å². The predicted octanol–water partition coefficient (Wildman–Crippen LogP) is 3.56. The molecule has 0 amide bonds. The largest absolute Gasteiger partial charge is 0.487 e. The van der Waals surface area contributed by atoms with Crippen molar-refractivity contribution in [1.29, 1.82) is 0 Å². The van der Waals surface area contributed by atoms with Gasteiger partial charge in [-0.05, 0) is 36.9 Å². The molecule has 0 fully saturated rings.